The van der Waals surface area contributed by atoms with Crippen molar-refractivity contribution in [2.45, 2.75) is 52.1 Å². The lowest BCUT2D eigenvalue weighted by atomic mass is 9.90. The number of amides is 1. The van der Waals surface area contributed by atoms with Crippen LogP contribution in [0.5, 0.6) is 0 Å². The van der Waals surface area contributed by atoms with E-state index in [0.29, 0.717) is 5.92 Å². The second-order valence-electron chi connectivity index (χ2n) is 6.68. The zero-order chi connectivity index (χ0) is 14.8. The van der Waals surface area contributed by atoms with Crippen LogP contribution in [-0.4, -0.2) is 29.7 Å². The maximum atomic E-state index is 12.2. The molecule has 0 radical (unpaired) electrons. The molecule has 3 nitrogen and oxygen atoms in total. The Morgan fingerprint density at radius 2 is 2.10 bits per heavy atom. The quantitative estimate of drug-likeness (QED) is 0.772. The molecule has 3 heteroatoms. The van der Waals surface area contributed by atoms with E-state index in [4.69, 9.17) is 4.74 Å². The predicted molar refractivity (Wildman–Crippen MR) is 81.0 cm³/mol. The molecule has 0 N–H and O–H groups in total. The van der Waals surface area contributed by atoms with E-state index in [9.17, 15) is 4.79 Å². The van der Waals surface area contributed by atoms with Crippen LogP contribution in [0.25, 0.3) is 0 Å². The van der Waals surface area contributed by atoms with Crippen LogP contribution < -0.4 is 0 Å². The van der Waals surface area contributed by atoms with Gasteiger partial charge in [-0.25, -0.2) is 4.79 Å². The lowest BCUT2D eigenvalue weighted by Gasteiger charge is -2.34. The SMILES string of the molecule is Cc1cccc(C2CCCN(C(=O)OC(C)(C)C)C2)c1. The third-order valence-corrected chi connectivity index (χ3v) is 3.59. The number of hydrogen-bond donors (Lipinski definition) is 0. The van der Waals surface area contributed by atoms with Crippen molar-refractivity contribution < 1.29 is 9.53 Å². The number of rotatable bonds is 1. The zero-order valence-corrected chi connectivity index (χ0v) is 13.0. The van der Waals surface area contributed by atoms with Crippen LogP contribution in [0.3, 0.4) is 0 Å². The summed E-state index contributed by atoms with van der Waals surface area (Å²) in [6.07, 6.45) is 2.00. The number of benzene rings is 1. The molecule has 2 rings (SSSR count). The number of carbonyl (C=O) groups is 1. The highest BCUT2D eigenvalue weighted by Crippen LogP contribution is 2.28. The minimum atomic E-state index is -0.423. The third kappa shape index (κ3) is 3.99. The number of hydrogen-bond acceptors (Lipinski definition) is 2. The molecule has 0 spiro atoms. The highest BCUT2D eigenvalue weighted by atomic mass is 16.6. The molecular formula is C17H25NO2. The van der Waals surface area contributed by atoms with Crippen LogP contribution in [0.15, 0.2) is 24.3 Å². The largest absolute Gasteiger partial charge is 0.444 e. The average molecular weight is 275 g/mol. The number of piperidine rings is 1. The Hall–Kier alpha value is -1.51. The van der Waals surface area contributed by atoms with Gasteiger partial charge in [0.1, 0.15) is 5.60 Å². The highest BCUT2D eigenvalue weighted by molar-refractivity contribution is 5.68. The van der Waals surface area contributed by atoms with Crippen molar-refractivity contribution in [2.24, 2.45) is 0 Å². The normalized spacial score (nSPS) is 19.8. The van der Waals surface area contributed by atoms with Crippen molar-refractivity contribution in [3.05, 3.63) is 35.4 Å². The van der Waals surface area contributed by atoms with Crippen molar-refractivity contribution in [2.75, 3.05) is 13.1 Å². The Kier molecular flexibility index (Phi) is 4.36. The van der Waals surface area contributed by atoms with Gasteiger partial charge in [-0.1, -0.05) is 29.8 Å². The third-order valence-electron chi connectivity index (χ3n) is 3.59. The van der Waals surface area contributed by atoms with E-state index in [2.05, 4.69) is 31.2 Å². The Labute approximate surface area is 121 Å². The minimum Gasteiger partial charge on any atom is -0.444 e. The summed E-state index contributed by atoms with van der Waals surface area (Å²) in [5.41, 5.74) is 2.18. The molecule has 1 amide bonds. The van der Waals surface area contributed by atoms with Gasteiger partial charge in [0.2, 0.25) is 0 Å². The van der Waals surface area contributed by atoms with Crippen LogP contribution in [0.4, 0.5) is 4.79 Å². The van der Waals surface area contributed by atoms with Crippen LogP contribution in [0.2, 0.25) is 0 Å². The van der Waals surface area contributed by atoms with Gasteiger partial charge in [0.05, 0.1) is 0 Å². The zero-order valence-electron chi connectivity index (χ0n) is 13.0. The van der Waals surface area contributed by atoms with E-state index < -0.39 is 5.60 Å². The summed E-state index contributed by atoms with van der Waals surface area (Å²) < 4.78 is 5.47. The lowest BCUT2D eigenvalue weighted by Crippen LogP contribution is -2.42. The monoisotopic (exact) mass is 275 g/mol. The first-order valence-corrected chi connectivity index (χ1v) is 7.39. The van der Waals surface area contributed by atoms with Crippen molar-refractivity contribution in [1.82, 2.24) is 4.90 Å². The van der Waals surface area contributed by atoms with E-state index >= 15 is 0 Å². The fourth-order valence-corrected chi connectivity index (χ4v) is 2.67. The van der Waals surface area contributed by atoms with Crippen molar-refractivity contribution in [1.29, 1.82) is 0 Å². The molecule has 0 bridgehead atoms. The van der Waals surface area contributed by atoms with Crippen LogP contribution in [0.1, 0.15) is 50.7 Å². The van der Waals surface area contributed by atoms with E-state index in [1.165, 1.54) is 11.1 Å². The van der Waals surface area contributed by atoms with Crippen LogP contribution in [-0.2, 0) is 4.74 Å². The van der Waals surface area contributed by atoms with Gasteiger partial charge in [0.25, 0.3) is 0 Å². The van der Waals surface area contributed by atoms with Gasteiger partial charge in [0.15, 0.2) is 0 Å². The van der Waals surface area contributed by atoms with E-state index in [-0.39, 0.29) is 6.09 Å². The fraction of sp³-hybridized carbons (Fsp3) is 0.588. The summed E-state index contributed by atoms with van der Waals surface area (Å²) >= 11 is 0. The number of nitrogens with zero attached hydrogens (tertiary/aromatic N) is 1. The Morgan fingerprint density at radius 3 is 2.75 bits per heavy atom. The molecule has 0 aromatic heterocycles. The summed E-state index contributed by atoms with van der Waals surface area (Å²) in [5.74, 6) is 0.427. The lowest BCUT2D eigenvalue weighted by molar-refractivity contribution is 0.0198. The molecule has 1 aromatic carbocycles. The van der Waals surface area contributed by atoms with Gasteiger partial charge in [-0.2, -0.15) is 0 Å². The Bertz CT molecular complexity index is 476. The molecule has 1 aromatic rings. The molecule has 1 aliphatic heterocycles. The van der Waals surface area contributed by atoms with E-state index in [1.807, 2.05) is 25.7 Å². The first-order valence-electron chi connectivity index (χ1n) is 7.39. The average Bonchev–Trinajstić information content (AvgIpc) is 2.37. The summed E-state index contributed by atoms with van der Waals surface area (Å²) in [6.45, 7) is 9.40. The van der Waals surface area contributed by atoms with Crippen molar-refractivity contribution in [3.63, 3.8) is 0 Å². The fourth-order valence-electron chi connectivity index (χ4n) is 2.67. The summed E-state index contributed by atoms with van der Waals surface area (Å²) in [5, 5.41) is 0. The van der Waals surface area contributed by atoms with E-state index in [1.54, 1.807) is 0 Å². The maximum absolute atomic E-state index is 12.2. The van der Waals surface area contributed by atoms with Gasteiger partial charge < -0.3 is 9.64 Å². The van der Waals surface area contributed by atoms with Crippen molar-refractivity contribution in [3.8, 4) is 0 Å². The molecule has 1 fully saturated rings. The van der Waals surface area contributed by atoms with E-state index in [0.717, 1.165) is 25.9 Å². The maximum Gasteiger partial charge on any atom is 0.410 e. The standard InChI is InChI=1S/C17H25NO2/c1-13-7-5-8-14(11-13)15-9-6-10-18(12-15)16(19)20-17(2,3)4/h5,7-8,11,15H,6,9-10,12H2,1-4H3. The minimum absolute atomic E-state index is 0.185. The molecule has 110 valence electrons. The number of likely N-dealkylation sites (tertiary alicyclic amines) is 1. The first kappa shape index (κ1) is 14.9. The first-order chi connectivity index (χ1) is 9.35. The smallest absolute Gasteiger partial charge is 0.410 e. The number of aryl methyl sites for hydroxylation is 1. The second kappa shape index (κ2) is 5.86. The molecule has 1 unspecified atom stereocenters. The second-order valence-corrected chi connectivity index (χ2v) is 6.68. The molecule has 1 atom stereocenters. The topological polar surface area (TPSA) is 29.5 Å². The van der Waals surface area contributed by atoms with Gasteiger partial charge in [-0.05, 0) is 46.1 Å². The van der Waals surface area contributed by atoms with Crippen molar-refractivity contribution >= 4 is 6.09 Å². The molecular weight excluding hydrogens is 250 g/mol. The van der Waals surface area contributed by atoms with Gasteiger partial charge in [-0.15, -0.1) is 0 Å². The molecule has 20 heavy (non-hydrogen) atoms. The number of carbonyl (C=O) groups excluding carboxylic acids is 1. The Morgan fingerprint density at radius 1 is 1.35 bits per heavy atom. The Balaban J connectivity index is 2.03. The predicted octanol–water partition coefficient (Wildman–Crippen LogP) is 4.11. The molecule has 1 aliphatic rings. The summed E-state index contributed by atoms with van der Waals surface area (Å²) in [4.78, 5) is 14.0. The van der Waals surface area contributed by atoms with Crippen LogP contribution >= 0.6 is 0 Å². The van der Waals surface area contributed by atoms with Gasteiger partial charge in [0, 0.05) is 19.0 Å². The molecule has 1 saturated heterocycles. The number of ether oxygens (including phenoxy) is 1. The molecule has 0 aliphatic carbocycles. The highest BCUT2D eigenvalue weighted by Gasteiger charge is 2.28. The molecule has 0 saturated carbocycles. The summed E-state index contributed by atoms with van der Waals surface area (Å²) in [7, 11) is 0. The summed E-state index contributed by atoms with van der Waals surface area (Å²) in [6, 6.07) is 8.59. The van der Waals surface area contributed by atoms with Crippen LogP contribution in [0, 0.1) is 6.92 Å². The van der Waals surface area contributed by atoms with Gasteiger partial charge >= 0.3 is 6.09 Å². The molecule has 1 heterocycles. The van der Waals surface area contributed by atoms with Gasteiger partial charge in [-0.3, -0.25) is 0 Å².